The summed E-state index contributed by atoms with van der Waals surface area (Å²) in [6.45, 7) is 4.53. The molecule has 1 N–H and O–H groups in total. The topological polar surface area (TPSA) is 46.5 Å². The highest BCUT2D eigenvalue weighted by Crippen LogP contribution is 2.37. The van der Waals surface area contributed by atoms with Gasteiger partial charge in [-0.2, -0.15) is 0 Å². The molecule has 1 aromatic rings. The highest BCUT2D eigenvalue weighted by atomic mass is 16.5. The molecule has 2 rings (SSSR count). The van der Waals surface area contributed by atoms with E-state index in [0.29, 0.717) is 12.5 Å². The van der Waals surface area contributed by atoms with Crippen molar-refractivity contribution in [1.82, 2.24) is 0 Å². The van der Waals surface area contributed by atoms with Crippen LogP contribution in [0.3, 0.4) is 0 Å². The van der Waals surface area contributed by atoms with Crippen LogP contribution in [0.5, 0.6) is 0 Å². The first-order valence-electron chi connectivity index (χ1n) is 6.83. The number of carbonyl (C=O) groups excluding carboxylic acids is 1. The molecule has 106 valence electrons. The van der Waals surface area contributed by atoms with Gasteiger partial charge in [-0.05, 0) is 23.1 Å². The van der Waals surface area contributed by atoms with E-state index in [-0.39, 0.29) is 12.2 Å². The van der Waals surface area contributed by atoms with E-state index < -0.39 is 5.60 Å². The molecule has 0 saturated heterocycles. The highest BCUT2D eigenvalue weighted by Gasteiger charge is 2.39. The van der Waals surface area contributed by atoms with Gasteiger partial charge >= 0.3 is 0 Å². The number of ether oxygens (including phenoxy) is 1. The van der Waals surface area contributed by atoms with Gasteiger partial charge in [-0.25, -0.2) is 0 Å². The lowest BCUT2D eigenvalue weighted by molar-refractivity contribution is -0.126. The quantitative estimate of drug-likeness (QED) is 0.834. The van der Waals surface area contributed by atoms with Crippen LogP contribution in [-0.2, 0) is 9.53 Å². The van der Waals surface area contributed by atoms with Crippen molar-refractivity contribution in [1.29, 1.82) is 0 Å². The van der Waals surface area contributed by atoms with Crippen molar-refractivity contribution < 1.29 is 14.6 Å². The molecule has 0 aromatic heterocycles. The Hall–Kier alpha value is -1.87. The van der Waals surface area contributed by atoms with Crippen molar-refractivity contribution in [3.05, 3.63) is 53.8 Å². The monoisotopic (exact) mass is 272 g/mol. The maximum Gasteiger partial charge on any atom is 0.156 e. The summed E-state index contributed by atoms with van der Waals surface area (Å²) in [6.07, 6.45) is 4.38. The average Bonchev–Trinajstić information content (AvgIpc) is 2.46. The summed E-state index contributed by atoms with van der Waals surface area (Å²) in [5, 5.41) is 9.78. The SMILES string of the molecule is CC(C)COC1(C=O)CC(O)=CC=C1c1ccccc1. The van der Waals surface area contributed by atoms with Gasteiger partial charge in [-0.15, -0.1) is 0 Å². The molecule has 3 nitrogen and oxygen atoms in total. The number of hydrogen-bond donors (Lipinski definition) is 1. The minimum Gasteiger partial charge on any atom is -0.512 e. The summed E-state index contributed by atoms with van der Waals surface area (Å²) in [5.74, 6) is 0.484. The van der Waals surface area contributed by atoms with E-state index >= 15 is 0 Å². The van der Waals surface area contributed by atoms with Crippen LogP contribution in [0.15, 0.2) is 48.2 Å². The van der Waals surface area contributed by atoms with Crippen molar-refractivity contribution >= 4 is 11.9 Å². The van der Waals surface area contributed by atoms with Crippen LogP contribution in [0.25, 0.3) is 5.57 Å². The fourth-order valence-electron chi connectivity index (χ4n) is 2.29. The lowest BCUT2D eigenvalue weighted by atomic mass is 9.82. The van der Waals surface area contributed by atoms with E-state index in [1.165, 1.54) is 0 Å². The molecule has 0 bridgehead atoms. The number of hydrogen-bond acceptors (Lipinski definition) is 3. The van der Waals surface area contributed by atoms with Gasteiger partial charge in [0.2, 0.25) is 0 Å². The van der Waals surface area contributed by atoms with Crippen LogP contribution < -0.4 is 0 Å². The van der Waals surface area contributed by atoms with Crippen LogP contribution in [0.2, 0.25) is 0 Å². The Morgan fingerprint density at radius 2 is 2.00 bits per heavy atom. The normalized spacial score (nSPS) is 22.4. The van der Waals surface area contributed by atoms with Crippen LogP contribution in [0.1, 0.15) is 25.8 Å². The van der Waals surface area contributed by atoms with Crippen molar-refractivity contribution in [2.24, 2.45) is 5.92 Å². The second kappa shape index (κ2) is 6.06. The molecular formula is C17H20O3. The Kier molecular flexibility index (Phi) is 4.40. The van der Waals surface area contributed by atoms with Crippen molar-refractivity contribution in [3.63, 3.8) is 0 Å². The average molecular weight is 272 g/mol. The third kappa shape index (κ3) is 2.99. The Balaban J connectivity index is 2.40. The Morgan fingerprint density at radius 1 is 1.30 bits per heavy atom. The lowest BCUT2D eigenvalue weighted by Gasteiger charge is -2.33. The first kappa shape index (κ1) is 14.5. The van der Waals surface area contributed by atoms with Crippen LogP contribution in [-0.4, -0.2) is 23.6 Å². The molecule has 0 fully saturated rings. The fraction of sp³-hybridized carbons (Fsp3) is 0.353. The van der Waals surface area contributed by atoms with E-state index in [1.54, 1.807) is 12.2 Å². The second-order valence-electron chi connectivity index (χ2n) is 5.49. The smallest absolute Gasteiger partial charge is 0.156 e. The minimum absolute atomic E-state index is 0.167. The van der Waals surface area contributed by atoms with Gasteiger partial charge in [0.15, 0.2) is 11.9 Å². The van der Waals surface area contributed by atoms with Gasteiger partial charge in [-0.3, -0.25) is 4.79 Å². The highest BCUT2D eigenvalue weighted by molar-refractivity contribution is 5.90. The molecule has 1 aromatic carbocycles. The van der Waals surface area contributed by atoms with E-state index in [0.717, 1.165) is 17.4 Å². The van der Waals surface area contributed by atoms with Crippen LogP contribution in [0, 0.1) is 5.92 Å². The summed E-state index contributed by atoms with van der Waals surface area (Å²) in [6, 6.07) is 9.66. The van der Waals surface area contributed by atoms with E-state index in [9.17, 15) is 9.90 Å². The molecule has 0 aliphatic heterocycles. The molecule has 0 radical (unpaired) electrons. The second-order valence-corrected chi connectivity index (χ2v) is 5.49. The summed E-state index contributed by atoms with van der Waals surface area (Å²) in [4.78, 5) is 11.7. The summed E-state index contributed by atoms with van der Waals surface area (Å²) in [5.41, 5.74) is 0.642. The summed E-state index contributed by atoms with van der Waals surface area (Å²) in [7, 11) is 0. The van der Waals surface area contributed by atoms with E-state index in [1.807, 2.05) is 44.2 Å². The number of benzene rings is 1. The molecule has 0 saturated carbocycles. The maximum absolute atomic E-state index is 11.7. The van der Waals surface area contributed by atoms with Crippen molar-refractivity contribution in [2.45, 2.75) is 25.9 Å². The molecule has 0 heterocycles. The number of aldehydes is 1. The standard InChI is InChI=1S/C17H20O3/c1-13(2)11-20-17(12-18)10-15(19)8-9-16(17)14-6-4-3-5-7-14/h3-9,12-13,19H,10-11H2,1-2H3. The number of aliphatic hydroxyl groups is 1. The predicted molar refractivity (Wildman–Crippen MR) is 79.3 cm³/mol. The number of aliphatic hydroxyl groups excluding tert-OH is 1. The molecular weight excluding hydrogens is 252 g/mol. The van der Waals surface area contributed by atoms with Gasteiger partial charge in [0.1, 0.15) is 0 Å². The maximum atomic E-state index is 11.7. The Bertz CT molecular complexity index is 528. The molecule has 1 aliphatic carbocycles. The third-order valence-electron chi connectivity index (χ3n) is 3.29. The first-order chi connectivity index (χ1) is 9.57. The molecule has 3 heteroatoms. The number of rotatable bonds is 5. The van der Waals surface area contributed by atoms with Gasteiger partial charge in [-0.1, -0.05) is 50.3 Å². The number of carbonyl (C=O) groups is 1. The van der Waals surface area contributed by atoms with E-state index in [4.69, 9.17) is 4.74 Å². The van der Waals surface area contributed by atoms with Gasteiger partial charge in [0.25, 0.3) is 0 Å². The Morgan fingerprint density at radius 3 is 2.60 bits per heavy atom. The van der Waals surface area contributed by atoms with Gasteiger partial charge in [0.05, 0.1) is 12.4 Å². The zero-order chi connectivity index (χ0) is 14.6. The summed E-state index contributed by atoms with van der Waals surface area (Å²) < 4.78 is 5.88. The third-order valence-corrected chi connectivity index (χ3v) is 3.29. The first-order valence-corrected chi connectivity index (χ1v) is 6.83. The Labute approximate surface area is 119 Å². The molecule has 1 unspecified atom stereocenters. The van der Waals surface area contributed by atoms with Crippen molar-refractivity contribution in [3.8, 4) is 0 Å². The molecule has 20 heavy (non-hydrogen) atoms. The zero-order valence-corrected chi connectivity index (χ0v) is 11.9. The molecule has 0 spiro atoms. The number of allylic oxidation sites excluding steroid dienone is 2. The fourth-order valence-corrected chi connectivity index (χ4v) is 2.29. The van der Waals surface area contributed by atoms with E-state index in [2.05, 4.69) is 0 Å². The van der Waals surface area contributed by atoms with Crippen molar-refractivity contribution in [2.75, 3.05) is 6.61 Å². The lowest BCUT2D eigenvalue weighted by Crippen LogP contribution is -2.39. The molecule has 1 aliphatic rings. The summed E-state index contributed by atoms with van der Waals surface area (Å²) >= 11 is 0. The minimum atomic E-state index is -1.09. The van der Waals surface area contributed by atoms with Gasteiger partial charge < -0.3 is 9.84 Å². The zero-order valence-electron chi connectivity index (χ0n) is 11.9. The van der Waals surface area contributed by atoms with Crippen LogP contribution >= 0.6 is 0 Å². The van der Waals surface area contributed by atoms with Gasteiger partial charge in [0, 0.05) is 6.42 Å². The van der Waals surface area contributed by atoms with Crippen LogP contribution in [0.4, 0.5) is 0 Å². The predicted octanol–water partition coefficient (Wildman–Crippen LogP) is 3.53. The largest absolute Gasteiger partial charge is 0.512 e. The molecule has 0 amide bonds. The molecule has 1 atom stereocenters.